The summed E-state index contributed by atoms with van der Waals surface area (Å²) in [6.07, 6.45) is 3.02. The lowest BCUT2D eigenvalue weighted by Crippen LogP contribution is -2.38. The Balaban J connectivity index is 2.27. The maximum absolute atomic E-state index is 12.3. The van der Waals surface area contributed by atoms with Crippen molar-refractivity contribution in [3.05, 3.63) is 64.2 Å². The molecule has 0 spiro atoms. The summed E-state index contributed by atoms with van der Waals surface area (Å²) in [5, 5.41) is 5.36. The number of carbonyl (C=O) groups excluding carboxylic acids is 2. The van der Waals surface area contributed by atoms with Crippen LogP contribution in [0.15, 0.2) is 57.2 Å². The molecule has 0 saturated heterocycles. The first-order chi connectivity index (χ1) is 11.0. The number of rotatable bonds is 5. The van der Waals surface area contributed by atoms with E-state index in [1.807, 2.05) is 38.1 Å². The van der Waals surface area contributed by atoms with Gasteiger partial charge in [-0.1, -0.05) is 28.1 Å². The molecule has 2 aromatic rings. The van der Waals surface area contributed by atoms with Crippen molar-refractivity contribution in [2.24, 2.45) is 0 Å². The van der Waals surface area contributed by atoms with Gasteiger partial charge in [-0.15, -0.1) is 0 Å². The highest BCUT2D eigenvalue weighted by atomic mass is 79.9. The minimum absolute atomic E-state index is 0.0473. The highest BCUT2D eigenvalue weighted by molar-refractivity contribution is 9.10. The van der Waals surface area contributed by atoms with Crippen molar-refractivity contribution in [1.29, 1.82) is 0 Å². The lowest BCUT2D eigenvalue weighted by molar-refractivity contribution is -0.118. The van der Waals surface area contributed by atoms with Gasteiger partial charge in [0.15, 0.2) is 5.76 Å². The van der Waals surface area contributed by atoms with E-state index >= 15 is 0 Å². The van der Waals surface area contributed by atoms with Crippen molar-refractivity contribution in [1.82, 2.24) is 10.6 Å². The molecule has 0 bridgehead atoms. The zero-order valence-electron chi connectivity index (χ0n) is 12.8. The molecule has 1 heterocycles. The first-order valence-electron chi connectivity index (χ1n) is 7.08. The number of hydrogen-bond acceptors (Lipinski definition) is 3. The van der Waals surface area contributed by atoms with Gasteiger partial charge in [-0.2, -0.15) is 0 Å². The molecule has 0 atom stereocenters. The van der Waals surface area contributed by atoms with E-state index in [0.29, 0.717) is 0 Å². The molecule has 0 aliphatic rings. The van der Waals surface area contributed by atoms with Crippen molar-refractivity contribution >= 4 is 33.8 Å². The monoisotopic (exact) mass is 376 g/mol. The van der Waals surface area contributed by atoms with E-state index in [0.717, 1.165) is 10.0 Å². The smallest absolute Gasteiger partial charge is 0.291 e. The number of furan rings is 1. The van der Waals surface area contributed by atoms with Gasteiger partial charge in [-0.25, -0.2) is 0 Å². The van der Waals surface area contributed by atoms with Crippen LogP contribution in [0.4, 0.5) is 0 Å². The van der Waals surface area contributed by atoms with E-state index in [-0.39, 0.29) is 23.4 Å². The van der Waals surface area contributed by atoms with Gasteiger partial charge in [0.05, 0.1) is 6.26 Å². The molecule has 2 amide bonds. The molecule has 1 aromatic heterocycles. The molecule has 0 aliphatic heterocycles. The normalized spacial score (nSPS) is 11.4. The van der Waals surface area contributed by atoms with Gasteiger partial charge >= 0.3 is 0 Å². The summed E-state index contributed by atoms with van der Waals surface area (Å²) < 4.78 is 5.93. The minimum Gasteiger partial charge on any atom is -0.459 e. The van der Waals surface area contributed by atoms with E-state index in [1.165, 1.54) is 12.3 Å². The van der Waals surface area contributed by atoms with Crippen molar-refractivity contribution in [3.8, 4) is 0 Å². The molecule has 0 radical (unpaired) electrons. The Hall–Kier alpha value is -2.34. The van der Waals surface area contributed by atoms with Gasteiger partial charge in [0, 0.05) is 10.5 Å². The van der Waals surface area contributed by atoms with Crippen LogP contribution in [0.1, 0.15) is 30.0 Å². The summed E-state index contributed by atoms with van der Waals surface area (Å²) >= 11 is 3.38. The van der Waals surface area contributed by atoms with Crippen LogP contribution in [0.2, 0.25) is 0 Å². The average molecular weight is 377 g/mol. The second kappa shape index (κ2) is 7.78. The number of nitrogens with one attached hydrogen (secondary N) is 2. The third-order valence-electron chi connectivity index (χ3n) is 2.82. The number of hydrogen-bond donors (Lipinski definition) is 2. The fourth-order valence-electron chi connectivity index (χ4n) is 1.85. The van der Waals surface area contributed by atoms with Crippen LogP contribution < -0.4 is 10.6 Å². The Bertz CT molecular complexity index is 721. The largest absolute Gasteiger partial charge is 0.459 e. The van der Waals surface area contributed by atoms with E-state index in [1.54, 1.807) is 12.1 Å². The fraction of sp³-hybridized carbons (Fsp3) is 0.176. The zero-order chi connectivity index (χ0) is 16.8. The van der Waals surface area contributed by atoms with Crippen LogP contribution in [0.3, 0.4) is 0 Å². The van der Waals surface area contributed by atoms with Crippen molar-refractivity contribution in [2.45, 2.75) is 19.9 Å². The van der Waals surface area contributed by atoms with Gasteiger partial charge in [0.25, 0.3) is 11.8 Å². The molecule has 0 aliphatic carbocycles. The molecule has 6 heteroatoms. The predicted octanol–water partition coefficient (Wildman–Crippen LogP) is 3.34. The quantitative estimate of drug-likeness (QED) is 0.786. The Kier molecular flexibility index (Phi) is 5.76. The third-order valence-corrected chi connectivity index (χ3v) is 3.31. The lowest BCUT2D eigenvalue weighted by Gasteiger charge is -2.12. The van der Waals surface area contributed by atoms with E-state index in [4.69, 9.17) is 4.42 Å². The number of halogens is 1. The topological polar surface area (TPSA) is 71.3 Å². The summed E-state index contributed by atoms with van der Waals surface area (Å²) in [6, 6.07) is 10.5. The zero-order valence-corrected chi connectivity index (χ0v) is 14.4. The molecule has 0 fully saturated rings. The van der Waals surface area contributed by atoms with E-state index in [9.17, 15) is 9.59 Å². The molecule has 5 nitrogen and oxygen atoms in total. The molecule has 0 unspecified atom stereocenters. The second-order valence-corrected chi connectivity index (χ2v) is 6.09. The van der Waals surface area contributed by atoms with Crippen LogP contribution in [0.25, 0.3) is 6.08 Å². The van der Waals surface area contributed by atoms with Crippen LogP contribution >= 0.6 is 15.9 Å². The number of amides is 2. The summed E-state index contributed by atoms with van der Waals surface area (Å²) in [7, 11) is 0. The molecular formula is C17H17BrN2O3. The van der Waals surface area contributed by atoms with Gasteiger partial charge in [0.2, 0.25) is 0 Å². The Morgan fingerprint density at radius 2 is 2.00 bits per heavy atom. The highest BCUT2D eigenvalue weighted by Gasteiger charge is 2.16. The van der Waals surface area contributed by atoms with Crippen LogP contribution in [0, 0.1) is 0 Å². The fourth-order valence-corrected chi connectivity index (χ4v) is 2.27. The van der Waals surface area contributed by atoms with Gasteiger partial charge in [-0.05, 0) is 49.8 Å². The van der Waals surface area contributed by atoms with Gasteiger partial charge in [0.1, 0.15) is 5.70 Å². The minimum atomic E-state index is -0.477. The maximum atomic E-state index is 12.3. The molecule has 2 N–H and O–H groups in total. The maximum Gasteiger partial charge on any atom is 0.291 e. The van der Waals surface area contributed by atoms with Crippen LogP contribution in [-0.2, 0) is 4.79 Å². The van der Waals surface area contributed by atoms with Crippen LogP contribution in [-0.4, -0.2) is 17.9 Å². The Morgan fingerprint density at radius 1 is 1.22 bits per heavy atom. The molecule has 23 heavy (non-hydrogen) atoms. The molecule has 1 aromatic carbocycles. The summed E-state index contributed by atoms with van der Waals surface area (Å²) in [6.45, 7) is 3.70. The third kappa shape index (κ3) is 5.10. The van der Waals surface area contributed by atoms with Crippen molar-refractivity contribution < 1.29 is 14.0 Å². The number of carbonyl (C=O) groups is 2. The Labute approximate surface area is 142 Å². The highest BCUT2D eigenvalue weighted by Crippen LogP contribution is 2.14. The second-order valence-electron chi connectivity index (χ2n) is 5.17. The van der Waals surface area contributed by atoms with Crippen LogP contribution in [0.5, 0.6) is 0 Å². The summed E-state index contributed by atoms with van der Waals surface area (Å²) in [5.41, 5.74) is 0.936. The van der Waals surface area contributed by atoms with Crippen molar-refractivity contribution in [2.75, 3.05) is 0 Å². The molecule has 0 saturated carbocycles. The van der Waals surface area contributed by atoms with E-state index < -0.39 is 5.91 Å². The first kappa shape index (κ1) is 17.0. The molecule has 120 valence electrons. The van der Waals surface area contributed by atoms with Gasteiger partial charge < -0.3 is 15.1 Å². The predicted molar refractivity (Wildman–Crippen MR) is 91.6 cm³/mol. The standard InChI is InChI=1S/C17H17BrN2O3/c1-11(2)19-16(21)14(10-12-5-3-6-13(18)9-12)20-17(22)15-7-4-8-23-15/h3-11H,1-2H3,(H,19,21)(H,20,22)/b14-10+. The van der Waals surface area contributed by atoms with Crippen molar-refractivity contribution in [3.63, 3.8) is 0 Å². The average Bonchev–Trinajstić information content (AvgIpc) is 3.00. The lowest BCUT2D eigenvalue weighted by atomic mass is 10.2. The Morgan fingerprint density at radius 3 is 2.61 bits per heavy atom. The summed E-state index contributed by atoms with van der Waals surface area (Å²) in [4.78, 5) is 24.4. The van der Waals surface area contributed by atoms with Gasteiger partial charge in [-0.3, -0.25) is 9.59 Å². The summed E-state index contributed by atoms with van der Waals surface area (Å²) in [5.74, 6) is -0.697. The number of benzene rings is 1. The first-order valence-corrected chi connectivity index (χ1v) is 7.88. The molecule has 2 rings (SSSR count). The van der Waals surface area contributed by atoms with E-state index in [2.05, 4.69) is 26.6 Å². The SMILES string of the molecule is CC(C)NC(=O)/C(=C\c1cccc(Br)c1)NC(=O)c1ccco1. The molecular weight excluding hydrogens is 360 g/mol.